The summed E-state index contributed by atoms with van der Waals surface area (Å²) in [6.45, 7) is -0.0917. The van der Waals surface area contributed by atoms with Crippen LogP contribution in [0.2, 0.25) is 0 Å². The van der Waals surface area contributed by atoms with Gasteiger partial charge < -0.3 is 10.0 Å². The summed E-state index contributed by atoms with van der Waals surface area (Å²) in [5.41, 5.74) is 1.86. The fourth-order valence-corrected chi connectivity index (χ4v) is 2.11. The monoisotopic (exact) mass is 323 g/mol. The zero-order valence-corrected chi connectivity index (χ0v) is 12.3. The van der Waals surface area contributed by atoms with Crippen LogP contribution in [0.4, 0.5) is 0 Å². The number of hydrogen-bond acceptors (Lipinski definition) is 3. The van der Waals surface area contributed by atoms with E-state index in [0.29, 0.717) is 5.69 Å². The Hall–Kier alpha value is -1.66. The molecule has 0 aliphatic rings. The molecule has 0 bridgehead atoms. The lowest BCUT2D eigenvalue weighted by molar-refractivity contribution is 0.0821. The lowest BCUT2D eigenvalue weighted by atomic mass is 10.2. The molecule has 1 amide bonds. The Bertz CT molecular complexity index is 608. The maximum atomic E-state index is 11.8. The lowest BCUT2D eigenvalue weighted by Gasteiger charge is -2.09. The van der Waals surface area contributed by atoms with Crippen LogP contribution in [-0.2, 0) is 6.61 Å². The van der Waals surface area contributed by atoms with Crippen molar-refractivity contribution in [3.05, 3.63) is 46.2 Å². The SMILES string of the molecule is CN(C)C(=O)c1ccn(-c2ccc(Br)cc2CO)n1. The van der Waals surface area contributed by atoms with Crippen LogP contribution < -0.4 is 0 Å². The van der Waals surface area contributed by atoms with Crippen molar-refractivity contribution in [3.63, 3.8) is 0 Å². The molecule has 100 valence electrons. The number of rotatable bonds is 3. The van der Waals surface area contributed by atoms with E-state index in [1.807, 2.05) is 18.2 Å². The molecule has 0 unspecified atom stereocenters. The minimum absolute atomic E-state index is 0.0917. The fourth-order valence-electron chi connectivity index (χ4n) is 1.71. The van der Waals surface area contributed by atoms with Crippen LogP contribution >= 0.6 is 15.9 Å². The smallest absolute Gasteiger partial charge is 0.273 e. The summed E-state index contributed by atoms with van der Waals surface area (Å²) in [6, 6.07) is 7.19. The summed E-state index contributed by atoms with van der Waals surface area (Å²) in [7, 11) is 3.36. The molecule has 0 saturated carbocycles. The summed E-state index contributed by atoms with van der Waals surface area (Å²) in [5.74, 6) is -0.151. The van der Waals surface area contributed by atoms with E-state index in [0.717, 1.165) is 15.7 Å². The van der Waals surface area contributed by atoms with Gasteiger partial charge in [0.1, 0.15) is 0 Å². The highest BCUT2D eigenvalue weighted by Crippen LogP contribution is 2.20. The van der Waals surface area contributed by atoms with E-state index in [4.69, 9.17) is 0 Å². The van der Waals surface area contributed by atoms with Gasteiger partial charge in [-0.05, 0) is 24.3 Å². The van der Waals surface area contributed by atoms with E-state index < -0.39 is 0 Å². The van der Waals surface area contributed by atoms with Crippen molar-refractivity contribution in [2.45, 2.75) is 6.61 Å². The molecular formula is C13H14BrN3O2. The summed E-state index contributed by atoms with van der Waals surface area (Å²) < 4.78 is 2.48. The van der Waals surface area contributed by atoms with Gasteiger partial charge in [-0.25, -0.2) is 4.68 Å². The topological polar surface area (TPSA) is 58.4 Å². The molecule has 1 N–H and O–H groups in total. The van der Waals surface area contributed by atoms with Gasteiger partial charge in [-0.15, -0.1) is 0 Å². The zero-order valence-electron chi connectivity index (χ0n) is 10.7. The molecule has 1 aromatic carbocycles. The minimum Gasteiger partial charge on any atom is -0.392 e. The molecule has 0 aliphatic carbocycles. The Kier molecular flexibility index (Phi) is 4.01. The van der Waals surface area contributed by atoms with Gasteiger partial charge in [0.15, 0.2) is 5.69 Å². The Morgan fingerprint density at radius 1 is 1.42 bits per heavy atom. The first-order valence-corrected chi connectivity index (χ1v) is 6.49. The van der Waals surface area contributed by atoms with E-state index >= 15 is 0 Å². The molecule has 1 aromatic heterocycles. The molecule has 0 spiro atoms. The predicted octanol–water partition coefficient (Wildman–Crippen LogP) is 1.83. The quantitative estimate of drug-likeness (QED) is 0.937. The number of halogens is 1. The molecular weight excluding hydrogens is 310 g/mol. The van der Waals surface area contributed by atoms with E-state index in [1.165, 1.54) is 4.90 Å². The largest absolute Gasteiger partial charge is 0.392 e. The standard InChI is InChI=1S/C13H14BrN3O2/c1-16(2)13(19)11-5-6-17(15-11)12-4-3-10(14)7-9(12)8-18/h3-7,18H,8H2,1-2H3. The van der Waals surface area contributed by atoms with Crippen molar-refractivity contribution in [1.29, 1.82) is 0 Å². The van der Waals surface area contributed by atoms with Gasteiger partial charge in [0.25, 0.3) is 5.91 Å². The van der Waals surface area contributed by atoms with Crippen LogP contribution in [0.1, 0.15) is 16.1 Å². The van der Waals surface area contributed by atoms with Crippen molar-refractivity contribution >= 4 is 21.8 Å². The molecule has 6 heteroatoms. The Morgan fingerprint density at radius 2 is 2.16 bits per heavy atom. The minimum atomic E-state index is -0.151. The fraction of sp³-hybridized carbons (Fsp3) is 0.231. The van der Waals surface area contributed by atoms with Gasteiger partial charge in [0.05, 0.1) is 12.3 Å². The zero-order chi connectivity index (χ0) is 14.0. The molecule has 0 aliphatic heterocycles. The first-order chi connectivity index (χ1) is 9.02. The summed E-state index contributed by atoms with van der Waals surface area (Å²) in [6.07, 6.45) is 1.71. The lowest BCUT2D eigenvalue weighted by Crippen LogP contribution is -2.22. The molecule has 0 saturated heterocycles. The number of amides is 1. The number of aliphatic hydroxyl groups excluding tert-OH is 1. The van der Waals surface area contributed by atoms with Gasteiger partial charge in [-0.3, -0.25) is 4.79 Å². The first kappa shape index (κ1) is 13.8. The predicted molar refractivity (Wildman–Crippen MR) is 75.2 cm³/mol. The molecule has 0 fully saturated rings. The number of aromatic nitrogens is 2. The second kappa shape index (κ2) is 5.54. The third-order valence-corrected chi connectivity index (χ3v) is 3.17. The molecule has 5 nitrogen and oxygen atoms in total. The Morgan fingerprint density at radius 3 is 2.79 bits per heavy atom. The Balaban J connectivity index is 2.41. The number of benzene rings is 1. The number of nitrogens with zero attached hydrogens (tertiary/aromatic N) is 3. The van der Waals surface area contributed by atoms with E-state index in [1.54, 1.807) is 31.0 Å². The van der Waals surface area contributed by atoms with E-state index in [-0.39, 0.29) is 12.5 Å². The summed E-state index contributed by atoms with van der Waals surface area (Å²) >= 11 is 3.36. The number of carbonyl (C=O) groups is 1. The van der Waals surface area contributed by atoms with Crippen molar-refractivity contribution in [2.75, 3.05) is 14.1 Å². The van der Waals surface area contributed by atoms with E-state index in [9.17, 15) is 9.90 Å². The number of hydrogen-bond donors (Lipinski definition) is 1. The van der Waals surface area contributed by atoms with Crippen molar-refractivity contribution in [2.24, 2.45) is 0 Å². The Labute approximate surface area is 119 Å². The number of aliphatic hydroxyl groups is 1. The average molecular weight is 324 g/mol. The first-order valence-electron chi connectivity index (χ1n) is 5.70. The van der Waals surface area contributed by atoms with Gasteiger partial charge >= 0.3 is 0 Å². The highest BCUT2D eigenvalue weighted by molar-refractivity contribution is 9.10. The van der Waals surface area contributed by atoms with Crippen LogP contribution in [0, 0.1) is 0 Å². The maximum absolute atomic E-state index is 11.8. The van der Waals surface area contributed by atoms with Crippen molar-refractivity contribution < 1.29 is 9.90 Å². The summed E-state index contributed by atoms with van der Waals surface area (Å²) in [5, 5.41) is 13.6. The second-order valence-corrected chi connectivity index (χ2v) is 5.19. The number of carbonyl (C=O) groups excluding carboxylic acids is 1. The molecule has 1 heterocycles. The van der Waals surface area contributed by atoms with Crippen LogP contribution in [0.5, 0.6) is 0 Å². The normalized spacial score (nSPS) is 10.5. The highest BCUT2D eigenvalue weighted by Gasteiger charge is 2.13. The molecule has 2 rings (SSSR count). The summed E-state index contributed by atoms with van der Waals surface area (Å²) in [4.78, 5) is 13.3. The van der Waals surface area contributed by atoms with Crippen LogP contribution in [0.25, 0.3) is 5.69 Å². The van der Waals surface area contributed by atoms with Crippen LogP contribution in [0.15, 0.2) is 34.9 Å². The third kappa shape index (κ3) is 2.85. The van der Waals surface area contributed by atoms with Gasteiger partial charge in [-0.2, -0.15) is 5.10 Å². The highest BCUT2D eigenvalue weighted by atomic mass is 79.9. The molecule has 0 radical (unpaired) electrons. The van der Waals surface area contributed by atoms with Gasteiger partial charge in [-0.1, -0.05) is 15.9 Å². The van der Waals surface area contributed by atoms with Gasteiger partial charge in [0.2, 0.25) is 0 Å². The van der Waals surface area contributed by atoms with Crippen molar-refractivity contribution in [3.8, 4) is 5.69 Å². The van der Waals surface area contributed by atoms with E-state index in [2.05, 4.69) is 21.0 Å². The molecule has 0 atom stereocenters. The average Bonchev–Trinajstić information content (AvgIpc) is 2.86. The van der Waals surface area contributed by atoms with Crippen LogP contribution in [-0.4, -0.2) is 39.8 Å². The van der Waals surface area contributed by atoms with Crippen molar-refractivity contribution in [1.82, 2.24) is 14.7 Å². The third-order valence-electron chi connectivity index (χ3n) is 2.67. The van der Waals surface area contributed by atoms with Crippen LogP contribution in [0.3, 0.4) is 0 Å². The molecule has 19 heavy (non-hydrogen) atoms. The second-order valence-electron chi connectivity index (χ2n) is 4.28. The maximum Gasteiger partial charge on any atom is 0.273 e. The van der Waals surface area contributed by atoms with Gasteiger partial charge in [0, 0.05) is 30.3 Å². The molecule has 2 aromatic rings.